The van der Waals surface area contributed by atoms with Crippen LogP contribution >= 0.6 is 0 Å². The van der Waals surface area contributed by atoms with E-state index in [1.807, 2.05) is 12.1 Å². The summed E-state index contributed by atoms with van der Waals surface area (Å²) >= 11 is 0. The number of benzene rings is 1. The molecule has 1 rings (SSSR count). The summed E-state index contributed by atoms with van der Waals surface area (Å²) < 4.78 is 17.1. The van der Waals surface area contributed by atoms with Crippen LogP contribution in [0.2, 0.25) is 0 Å². The minimum absolute atomic E-state index is 0.538. The molecule has 0 fully saturated rings. The van der Waals surface area contributed by atoms with Crippen LogP contribution in [0.15, 0.2) is 18.2 Å². The first-order valence-electron chi connectivity index (χ1n) is 5.80. The van der Waals surface area contributed by atoms with Gasteiger partial charge >= 0.3 is 0 Å². The van der Waals surface area contributed by atoms with Crippen LogP contribution in [0.3, 0.4) is 0 Å². The van der Waals surface area contributed by atoms with Crippen molar-refractivity contribution in [2.45, 2.75) is 26.0 Å². The molecule has 0 aliphatic carbocycles. The molecule has 1 aromatic rings. The lowest BCUT2D eigenvalue weighted by Gasteiger charge is -2.10. The summed E-state index contributed by atoms with van der Waals surface area (Å²) in [7, 11) is 0.776. The minimum Gasteiger partial charge on any atom is -0.496 e. The van der Waals surface area contributed by atoms with Gasteiger partial charge in [-0.2, -0.15) is 0 Å². The Kier molecular flexibility index (Phi) is 5.48. The Morgan fingerprint density at radius 1 is 1.41 bits per heavy atom. The highest BCUT2D eigenvalue weighted by molar-refractivity contribution is 7.84. The number of hydrogen-bond donors (Lipinski definition) is 1. The van der Waals surface area contributed by atoms with E-state index in [0.717, 1.165) is 23.5 Å². The van der Waals surface area contributed by atoms with Gasteiger partial charge in [0, 0.05) is 33.9 Å². The summed E-state index contributed by atoms with van der Waals surface area (Å²) in [6.07, 6.45) is 0.990. The Labute approximate surface area is 106 Å². The Bertz CT molecular complexity index is 391. The molecule has 1 atom stereocenters. The van der Waals surface area contributed by atoms with E-state index < -0.39 is 10.8 Å². The second kappa shape index (κ2) is 6.64. The van der Waals surface area contributed by atoms with Crippen LogP contribution in [0.5, 0.6) is 5.75 Å². The van der Waals surface area contributed by atoms with Crippen LogP contribution in [-0.2, 0) is 16.6 Å². The molecule has 0 saturated heterocycles. The normalized spacial score (nSPS) is 12.7. The molecule has 17 heavy (non-hydrogen) atoms. The van der Waals surface area contributed by atoms with Crippen molar-refractivity contribution in [1.82, 2.24) is 0 Å². The molecule has 0 bridgehead atoms. The molecule has 0 amide bonds. The van der Waals surface area contributed by atoms with Gasteiger partial charge in [0.1, 0.15) is 5.75 Å². The monoisotopic (exact) mass is 255 g/mol. The summed E-state index contributed by atoms with van der Waals surface area (Å²) in [6, 6.07) is 5.48. The number of nitrogen functional groups attached to an aromatic ring is 1. The zero-order valence-electron chi connectivity index (χ0n) is 10.7. The first-order valence-corrected chi connectivity index (χ1v) is 7.29. The molecule has 0 aliphatic rings. The van der Waals surface area contributed by atoms with Gasteiger partial charge in [-0.05, 0) is 18.4 Å². The van der Waals surface area contributed by atoms with Gasteiger partial charge in [0.2, 0.25) is 0 Å². The quantitative estimate of drug-likeness (QED) is 0.795. The fourth-order valence-electron chi connectivity index (χ4n) is 1.49. The largest absolute Gasteiger partial charge is 0.496 e. The van der Waals surface area contributed by atoms with Crippen LogP contribution in [0.1, 0.15) is 25.8 Å². The van der Waals surface area contributed by atoms with Crippen molar-refractivity contribution in [2.75, 3.05) is 18.6 Å². The molecule has 96 valence electrons. The fourth-order valence-corrected chi connectivity index (χ4v) is 2.96. The van der Waals surface area contributed by atoms with Crippen molar-refractivity contribution < 1.29 is 8.95 Å². The topological polar surface area (TPSA) is 52.3 Å². The molecule has 0 spiro atoms. The smallest absolute Gasteiger partial charge is 0.125 e. The van der Waals surface area contributed by atoms with Gasteiger partial charge in [0.05, 0.1) is 12.9 Å². The maximum atomic E-state index is 11.9. The Hall–Kier alpha value is -1.03. The van der Waals surface area contributed by atoms with Crippen molar-refractivity contribution in [1.29, 1.82) is 0 Å². The van der Waals surface area contributed by atoms with E-state index in [9.17, 15) is 4.21 Å². The van der Waals surface area contributed by atoms with E-state index in [2.05, 4.69) is 13.8 Å². The summed E-state index contributed by atoms with van der Waals surface area (Å²) in [5, 5.41) is 0. The number of hydrogen-bond acceptors (Lipinski definition) is 3. The van der Waals surface area contributed by atoms with E-state index in [0.29, 0.717) is 17.4 Å². The highest BCUT2D eigenvalue weighted by Crippen LogP contribution is 2.23. The van der Waals surface area contributed by atoms with Crippen molar-refractivity contribution in [3.05, 3.63) is 23.8 Å². The zero-order valence-corrected chi connectivity index (χ0v) is 11.5. The van der Waals surface area contributed by atoms with Crippen molar-refractivity contribution in [3.63, 3.8) is 0 Å². The van der Waals surface area contributed by atoms with Gasteiger partial charge in [-0.15, -0.1) is 0 Å². The second-order valence-electron chi connectivity index (χ2n) is 4.54. The Morgan fingerprint density at radius 3 is 2.71 bits per heavy atom. The lowest BCUT2D eigenvalue weighted by atomic mass is 10.2. The van der Waals surface area contributed by atoms with Gasteiger partial charge in [-0.3, -0.25) is 4.21 Å². The van der Waals surface area contributed by atoms with Gasteiger partial charge in [0.15, 0.2) is 0 Å². The van der Waals surface area contributed by atoms with E-state index in [4.69, 9.17) is 10.5 Å². The molecule has 0 saturated carbocycles. The predicted octanol–water partition coefficient (Wildman–Crippen LogP) is 2.57. The summed E-state index contributed by atoms with van der Waals surface area (Å²) in [4.78, 5) is 0. The first-order chi connectivity index (χ1) is 8.02. The maximum absolute atomic E-state index is 11.9. The standard InChI is InChI=1S/C13H21NO2S/c1-10(2)6-7-17(15)9-11-4-5-12(14)8-13(11)16-3/h4-5,8,10H,6-7,9,14H2,1-3H3. The summed E-state index contributed by atoms with van der Waals surface area (Å²) in [5.41, 5.74) is 7.30. The van der Waals surface area contributed by atoms with Crippen molar-refractivity contribution >= 4 is 16.5 Å². The fraction of sp³-hybridized carbons (Fsp3) is 0.538. The van der Waals surface area contributed by atoms with E-state index in [-0.39, 0.29) is 0 Å². The molecule has 1 unspecified atom stereocenters. The average Bonchev–Trinajstić information content (AvgIpc) is 2.28. The lowest BCUT2D eigenvalue weighted by Crippen LogP contribution is -2.05. The maximum Gasteiger partial charge on any atom is 0.125 e. The van der Waals surface area contributed by atoms with Crippen molar-refractivity contribution in [3.8, 4) is 5.75 Å². The highest BCUT2D eigenvalue weighted by atomic mass is 32.2. The number of methoxy groups -OCH3 is 1. The predicted molar refractivity (Wildman–Crippen MR) is 73.6 cm³/mol. The third-order valence-electron chi connectivity index (χ3n) is 2.55. The van der Waals surface area contributed by atoms with Crippen LogP contribution in [0.4, 0.5) is 5.69 Å². The van der Waals surface area contributed by atoms with Gasteiger partial charge in [0.25, 0.3) is 0 Å². The van der Waals surface area contributed by atoms with Gasteiger partial charge in [-0.25, -0.2) is 0 Å². The van der Waals surface area contributed by atoms with E-state index >= 15 is 0 Å². The molecular formula is C13H21NO2S. The summed E-state index contributed by atoms with van der Waals surface area (Å²) in [5.74, 6) is 2.59. The van der Waals surface area contributed by atoms with Gasteiger partial charge in [-0.1, -0.05) is 19.9 Å². The Balaban J connectivity index is 2.64. The molecule has 2 N–H and O–H groups in total. The molecule has 1 aromatic carbocycles. The molecule has 4 heteroatoms. The van der Waals surface area contributed by atoms with Gasteiger partial charge < -0.3 is 10.5 Å². The summed E-state index contributed by atoms with van der Waals surface area (Å²) in [6.45, 7) is 4.28. The highest BCUT2D eigenvalue weighted by Gasteiger charge is 2.08. The van der Waals surface area contributed by atoms with Crippen LogP contribution < -0.4 is 10.5 Å². The van der Waals surface area contributed by atoms with Crippen LogP contribution in [0, 0.1) is 5.92 Å². The molecule has 0 heterocycles. The number of ether oxygens (including phenoxy) is 1. The van der Waals surface area contributed by atoms with E-state index in [1.54, 1.807) is 13.2 Å². The lowest BCUT2D eigenvalue weighted by molar-refractivity contribution is 0.411. The Morgan fingerprint density at radius 2 is 2.12 bits per heavy atom. The van der Waals surface area contributed by atoms with Crippen molar-refractivity contribution in [2.24, 2.45) is 5.92 Å². The number of anilines is 1. The molecule has 0 aliphatic heterocycles. The molecule has 0 aromatic heterocycles. The van der Waals surface area contributed by atoms with E-state index in [1.165, 1.54) is 0 Å². The average molecular weight is 255 g/mol. The second-order valence-corrected chi connectivity index (χ2v) is 6.12. The zero-order chi connectivity index (χ0) is 12.8. The molecular weight excluding hydrogens is 234 g/mol. The molecule has 0 radical (unpaired) electrons. The van der Waals surface area contributed by atoms with Crippen LogP contribution in [-0.4, -0.2) is 17.1 Å². The molecule has 3 nitrogen and oxygen atoms in total. The minimum atomic E-state index is -0.831. The third kappa shape index (κ3) is 4.77. The number of nitrogens with two attached hydrogens (primary N) is 1. The third-order valence-corrected chi connectivity index (χ3v) is 3.87. The first kappa shape index (κ1) is 14.0. The number of rotatable bonds is 6. The van der Waals surface area contributed by atoms with Crippen LogP contribution in [0.25, 0.3) is 0 Å². The SMILES string of the molecule is COc1cc(N)ccc1CS(=O)CCC(C)C.